The van der Waals surface area contributed by atoms with Crippen molar-refractivity contribution in [2.45, 2.75) is 18.9 Å². The second-order valence-electron chi connectivity index (χ2n) is 4.88. The molecule has 1 aliphatic heterocycles. The minimum atomic E-state index is -0.992. The third-order valence-corrected chi connectivity index (χ3v) is 3.19. The Morgan fingerprint density at radius 3 is 2.83 bits per heavy atom. The van der Waals surface area contributed by atoms with Crippen molar-refractivity contribution >= 4 is 11.6 Å². The molecule has 0 bridgehead atoms. The molecule has 98 valence electrons. The van der Waals surface area contributed by atoms with E-state index in [2.05, 4.69) is 10.6 Å². The largest absolute Gasteiger partial charge is 0.394 e. The van der Waals surface area contributed by atoms with E-state index in [1.54, 1.807) is 13.0 Å². The van der Waals surface area contributed by atoms with Gasteiger partial charge in [-0.1, -0.05) is 0 Å². The molecule has 1 aromatic carbocycles. The Labute approximate surface area is 106 Å². The first-order valence-electron chi connectivity index (χ1n) is 5.99. The summed E-state index contributed by atoms with van der Waals surface area (Å²) in [6, 6.07) is 5.47. The van der Waals surface area contributed by atoms with E-state index in [-0.39, 0.29) is 19.1 Å². The number of amides is 1. The molecule has 4 N–H and O–H groups in total. The van der Waals surface area contributed by atoms with Gasteiger partial charge >= 0.3 is 0 Å². The molecule has 0 atom stereocenters. The number of nitrogens with one attached hydrogen (secondary N) is 2. The molecule has 0 aromatic heterocycles. The Bertz CT molecular complexity index is 456. The van der Waals surface area contributed by atoms with Crippen molar-refractivity contribution in [1.29, 1.82) is 0 Å². The predicted octanol–water partition coefficient (Wildman–Crippen LogP) is 0.128. The molecule has 0 fully saturated rings. The normalized spacial score (nSPS) is 13.9. The van der Waals surface area contributed by atoms with E-state index in [4.69, 9.17) is 10.2 Å². The number of benzene rings is 1. The molecule has 0 spiro atoms. The minimum absolute atomic E-state index is 0.282. The summed E-state index contributed by atoms with van der Waals surface area (Å²) in [7, 11) is 0. The summed E-state index contributed by atoms with van der Waals surface area (Å²) in [5.74, 6) is -0.282. The summed E-state index contributed by atoms with van der Waals surface area (Å²) in [5, 5.41) is 24.2. The van der Waals surface area contributed by atoms with Crippen LogP contribution in [0.3, 0.4) is 0 Å². The van der Waals surface area contributed by atoms with Gasteiger partial charge < -0.3 is 20.8 Å². The van der Waals surface area contributed by atoms with Crippen LogP contribution in [0.15, 0.2) is 18.2 Å². The molecular formula is C13H18N2O3. The lowest BCUT2D eigenvalue weighted by Crippen LogP contribution is -2.51. The molecule has 0 unspecified atom stereocenters. The maximum Gasteiger partial charge on any atom is 0.251 e. The number of hydrogen-bond donors (Lipinski definition) is 4. The van der Waals surface area contributed by atoms with E-state index < -0.39 is 5.54 Å². The van der Waals surface area contributed by atoms with Gasteiger partial charge in [-0.15, -0.1) is 0 Å². The van der Waals surface area contributed by atoms with Gasteiger partial charge in [-0.05, 0) is 37.1 Å². The van der Waals surface area contributed by atoms with E-state index in [9.17, 15) is 4.79 Å². The standard InChI is InChI=1S/C13H18N2O3/c1-13(7-16,8-17)15-12(18)10-2-3-11-9(6-10)4-5-14-11/h2-3,6,14,16-17H,4-5,7-8H2,1H3,(H,15,18). The average Bonchev–Trinajstić information content (AvgIpc) is 2.85. The topological polar surface area (TPSA) is 81.6 Å². The lowest BCUT2D eigenvalue weighted by molar-refractivity contribution is 0.0724. The van der Waals surface area contributed by atoms with E-state index in [1.165, 1.54) is 0 Å². The van der Waals surface area contributed by atoms with Gasteiger partial charge in [-0.3, -0.25) is 4.79 Å². The van der Waals surface area contributed by atoms with Crippen LogP contribution in [-0.4, -0.2) is 41.4 Å². The lowest BCUT2D eigenvalue weighted by atomic mass is 10.0. The van der Waals surface area contributed by atoms with Crippen molar-refractivity contribution in [3.63, 3.8) is 0 Å². The maximum atomic E-state index is 12.0. The number of rotatable bonds is 4. The molecule has 1 aromatic rings. The number of hydrogen-bond acceptors (Lipinski definition) is 4. The van der Waals surface area contributed by atoms with Crippen molar-refractivity contribution < 1.29 is 15.0 Å². The van der Waals surface area contributed by atoms with Crippen molar-refractivity contribution in [1.82, 2.24) is 5.32 Å². The van der Waals surface area contributed by atoms with Crippen LogP contribution >= 0.6 is 0 Å². The molecule has 18 heavy (non-hydrogen) atoms. The number of aliphatic hydroxyl groups is 2. The molecule has 5 heteroatoms. The molecule has 1 amide bonds. The summed E-state index contributed by atoms with van der Waals surface area (Å²) >= 11 is 0. The van der Waals surface area contributed by atoms with E-state index >= 15 is 0 Å². The Morgan fingerprint density at radius 2 is 2.17 bits per heavy atom. The highest BCUT2D eigenvalue weighted by Gasteiger charge is 2.25. The minimum Gasteiger partial charge on any atom is -0.394 e. The monoisotopic (exact) mass is 250 g/mol. The summed E-state index contributed by atoms with van der Waals surface area (Å²) in [4.78, 5) is 12.0. The highest BCUT2D eigenvalue weighted by molar-refractivity contribution is 5.95. The van der Waals surface area contributed by atoms with Gasteiger partial charge in [0.15, 0.2) is 0 Å². The molecule has 1 heterocycles. The number of carbonyl (C=O) groups excluding carboxylic acids is 1. The fourth-order valence-corrected chi connectivity index (χ4v) is 1.92. The van der Waals surface area contributed by atoms with Gasteiger partial charge in [0.1, 0.15) is 0 Å². The summed E-state index contributed by atoms with van der Waals surface area (Å²) in [6.07, 6.45) is 0.910. The summed E-state index contributed by atoms with van der Waals surface area (Å²) < 4.78 is 0. The fourth-order valence-electron chi connectivity index (χ4n) is 1.92. The highest BCUT2D eigenvalue weighted by atomic mass is 16.3. The molecule has 0 aliphatic carbocycles. The van der Waals surface area contributed by atoms with Gasteiger partial charge in [-0.25, -0.2) is 0 Å². The van der Waals surface area contributed by atoms with Crippen molar-refractivity contribution in [3.8, 4) is 0 Å². The van der Waals surface area contributed by atoms with Crippen LogP contribution < -0.4 is 10.6 Å². The molecule has 1 aliphatic rings. The van der Waals surface area contributed by atoms with Gasteiger partial charge in [-0.2, -0.15) is 0 Å². The SMILES string of the molecule is CC(CO)(CO)NC(=O)c1ccc2c(c1)CCN2. The van der Waals surface area contributed by atoms with Gasteiger partial charge in [0.25, 0.3) is 5.91 Å². The van der Waals surface area contributed by atoms with Crippen LogP contribution in [0.5, 0.6) is 0 Å². The molecule has 0 radical (unpaired) electrons. The molecule has 0 saturated heterocycles. The second-order valence-corrected chi connectivity index (χ2v) is 4.88. The Morgan fingerprint density at radius 1 is 1.44 bits per heavy atom. The van der Waals surface area contributed by atoms with Crippen LogP contribution in [0.2, 0.25) is 0 Å². The number of fused-ring (bicyclic) bond motifs is 1. The molecule has 5 nitrogen and oxygen atoms in total. The van der Waals surface area contributed by atoms with Gasteiger partial charge in [0.2, 0.25) is 0 Å². The van der Waals surface area contributed by atoms with Crippen LogP contribution in [0.1, 0.15) is 22.8 Å². The number of aliphatic hydroxyl groups excluding tert-OH is 2. The quantitative estimate of drug-likeness (QED) is 0.612. The van der Waals surface area contributed by atoms with E-state index in [0.29, 0.717) is 5.56 Å². The van der Waals surface area contributed by atoms with Crippen LogP contribution in [0.25, 0.3) is 0 Å². The fraction of sp³-hybridized carbons (Fsp3) is 0.462. The van der Waals surface area contributed by atoms with Gasteiger partial charge in [0.05, 0.1) is 18.8 Å². The van der Waals surface area contributed by atoms with Crippen LogP contribution in [0.4, 0.5) is 5.69 Å². The maximum absolute atomic E-state index is 12.0. The van der Waals surface area contributed by atoms with Crippen molar-refractivity contribution in [3.05, 3.63) is 29.3 Å². The Balaban J connectivity index is 2.14. The molecule has 0 saturated carbocycles. The second kappa shape index (κ2) is 4.96. The number of anilines is 1. The van der Waals surface area contributed by atoms with Crippen LogP contribution in [0, 0.1) is 0 Å². The third kappa shape index (κ3) is 2.47. The smallest absolute Gasteiger partial charge is 0.251 e. The lowest BCUT2D eigenvalue weighted by Gasteiger charge is -2.26. The van der Waals surface area contributed by atoms with E-state index in [0.717, 1.165) is 24.2 Å². The van der Waals surface area contributed by atoms with E-state index in [1.807, 2.05) is 12.1 Å². The third-order valence-electron chi connectivity index (χ3n) is 3.19. The zero-order valence-electron chi connectivity index (χ0n) is 10.4. The zero-order chi connectivity index (χ0) is 13.2. The van der Waals surface area contributed by atoms with Crippen LogP contribution in [-0.2, 0) is 6.42 Å². The summed E-state index contributed by atoms with van der Waals surface area (Å²) in [6.45, 7) is 1.88. The first-order chi connectivity index (χ1) is 8.58. The molecular weight excluding hydrogens is 232 g/mol. The first-order valence-corrected chi connectivity index (χ1v) is 5.99. The highest BCUT2D eigenvalue weighted by Crippen LogP contribution is 2.23. The number of carbonyl (C=O) groups is 1. The van der Waals surface area contributed by atoms with Gasteiger partial charge in [0, 0.05) is 17.8 Å². The molecule has 2 rings (SSSR count). The Kier molecular flexibility index (Phi) is 3.54. The van der Waals surface area contributed by atoms with Crippen molar-refractivity contribution in [2.75, 3.05) is 25.1 Å². The average molecular weight is 250 g/mol. The summed E-state index contributed by atoms with van der Waals surface area (Å²) in [5.41, 5.74) is 1.75. The predicted molar refractivity (Wildman–Crippen MR) is 68.7 cm³/mol. The zero-order valence-corrected chi connectivity index (χ0v) is 10.4. The van der Waals surface area contributed by atoms with Crippen molar-refractivity contribution in [2.24, 2.45) is 0 Å². The first kappa shape index (κ1) is 12.9. The Hall–Kier alpha value is -1.59.